The molecular formula is C4H9F2O4P. The van der Waals surface area contributed by atoms with Crippen molar-refractivity contribution in [2.45, 2.75) is 19.8 Å². The van der Waals surface area contributed by atoms with E-state index in [9.17, 15) is 13.6 Å². The highest BCUT2D eigenvalue weighted by molar-refractivity contribution is 7.48. The first-order valence-electron chi connectivity index (χ1n) is 3.03. The zero-order valence-corrected chi connectivity index (χ0v) is 6.85. The molecule has 0 unspecified atom stereocenters. The molecule has 0 amide bonds. The number of hydrogen-bond acceptors (Lipinski definition) is 4. The third-order valence-corrected chi connectivity index (χ3v) is 1.75. The Bertz CT molecular complexity index is 134. The minimum atomic E-state index is -4.54. The number of halogens is 2. The second-order valence-electron chi connectivity index (χ2n) is 1.77. The summed E-state index contributed by atoms with van der Waals surface area (Å²) in [4.78, 5) is 0. The first-order chi connectivity index (χ1) is 5.18. The van der Waals surface area contributed by atoms with E-state index in [1.54, 1.807) is 0 Å². The summed E-state index contributed by atoms with van der Waals surface area (Å²) in [5, 5.41) is 0. The average Bonchev–Trinajstić information content (AvgIpc) is 2.05. The molecule has 0 heterocycles. The van der Waals surface area contributed by atoms with Crippen LogP contribution in [-0.4, -0.2) is 6.61 Å². The fourth-order valence-corrected chi connectivity index (χ4v) is 0.825. The standard InChI is InChI=1S/C4H9F2O4P/c1-2-3-4-8-11(7,9-5)10-6/h2-4H2,1H3. The van der Waals surface area contributed by atoms with Gasteiger partial charge in [-0.3, -0.25) is 4.52 Å². The monoisotopic (exact) mass is 190 g/mol. The van der Waals surface area contributed by atoms with Crippen molar-refractivity contribution in [3.8, 4) is 0 Å². The second-order valence-corrected chi connectivity index (χ2v) is 3.20. The van der Waals surface area contributed by atoms with Crippen molar-refractivity contribution in [2.24, 2.45) is 0 Å². The fourth-order valence-electron chi connectivity index (χ4n) is 0.371. The third-order valence-electron chi connectivity index (χ3n) is 0.916. The molecule has 0 aromatic rings. The molecule has 0 saturated heterocycles. The largest absolute Gasteiger partial charge is 0.537 e. The van der Waals surface area contributed by atoms with Crippen molar-refractivity contribution in [3.63, 3.8) is 0 Å². The number of rotatable bonds is 6. The summed E-state index contributed by atoms with van der Waals surface area (Å²) >= 11 is 0. The maximum Gasteiger partial charge on any atom is 0.537 e. The summed E-state index contributed by atoms with van der Waals surface area (Å²) in [5.41, 5.74) is 0. The Labute approximate surface area is 62.9 Å². The summed E-state index contributed by atoms with van der Waals surface area (Å²) in [7, 11) is -4.54. The summed E-state index contributed by atoms with van der Waals surface area (Å²) < 4.78 is 42.3. The van der Waals surface area contributed by atoms with Crippen LogP contribution in [0.25, 0.3) is 0 Å². The van der Waals surface area contributed by atoms with Gasteiger partial charge in [0.25, 0.3) is 0 Å². The number of phosphoric acid groups is 1. The molecule has 68 valence electrons. The molecule has 0 atom stereocenters. The molecule has 0 aliphatic rings. The molecule has 0 fully saturated rings. The van der Waals surface area contributed by atoms with Crippen molar-refractivity contribution < 1.29 is 27.6 Å². The highest BCUT2D eigenvalue weighted by Gasteiger charge is 2.29. The van der Waals surface area contributed by atoms with Gasteiger partial charge in [0.05, 0.1) is 6.61 Å². The van der Waals surface area contributed by atoms with E-state index < -0.39 is 7.82 Å². The maximum absolute atomic E-state index is 11.2. The van der Waals surface area contributed by atoms with Gasteiger partial charge >= 0.3 is 7.82 Å². The van der Waals surface area contributed by atoms with E-state index in [4.69, 9.17) is 0 Å². The van der Waals surface area contributed by atoms with Crippen molar-refractivity contribution in [1.82, 2.24) is 0 Å². The zero-order chi connectivity index (χ0) is 8.74. The molecule has 0 radical (unpaired) electrons. The fraction of sp³-hybridized carbons (Fsp3) is 1.00. The quantitative estimate of drug-likeness (QED) is 0.477. The van der Waals surface area contributed by atoms with E-state index in [2.05, 4.69) is 14.0 Å². The van der Waals surface area contributed by atoms with E-state index in [1.165, 1.54) is 0 Å². The van der Waals surface area contributed by atoms with Crippen molar-refractivity contribution in [1.29, 1.82) is 0 Å². The van der Waals surface area contributed by atoms with Crippen LogP contribution in [0.3, 0.4) is 0 Å². The summed E-state index contributed by atoms with van der Waals surface area (Å²) in [6, 6.07) is 0. The molecule has 0 aromatic carbocycles. The van der Waals surface area contributed by atoms with Crippen LogP contribution in [0.15, 0.2) is 0 Å². The molecule has 0 spiro atoms. The minimum absolute atomic E-state index is 0.0678. The lowest BCUT2D eigenvalue weighted by molar-refractivity contribution is -0.118. The van der Waals surface area contributed by atoms with Crippen LogP contribution in [0, 0.1) is 0 Å². The topological polar surface area (TPSA) is 44.8 Å². The SMILES string of the molecule is CCCCOP(=O)(OF)OF. The van der Waals surface area contributed by atoms with Gasteiger partial charge in [-0.25, -0.2) is 4.57 Å². The lowest BCUT2D eigenvalue weighted by Gasteiger charge is -2.05. The number of unbranched alkanes of at least 4 members (excludes halogenated alkanes) is 1. The summed E-state index contributed by atoms with van der Waals surface area (Å²) in [6.07, 6.45) is 1.27. The third kappa shape index (κ3) is 4.42. The Morgan fingerprint density at radius 2 is 1.91 bits per heavy atom. The molecule has 11 heavy (non-hydrogen) atoms. The molecule has 0 rings (SSSR count). The molecule has 0 N–H and O–H groups in total. The van der Waals surface area contributed by atoms with Crippen molar-refractivity contribution in [2.75, 3.05) is 6.61 Å². The first kappa shape index (κ1) is 11.0. The van der Waals surface area contributed by atoms with E-state index in [0.717, 1.165) is 6.42 Å². The van der Waals surface area contributed by atoms with Gasteiger partial charge in [-0.2, -0.15) is 0 Å². The highest BCUT2D eigenvalue weighted by atomic mass is 31.2. The molecular weight excluding hydrogens is 181 g/mol. The van der Waals surface area contributed by atoms with E-state index >= 15 is 0 Å². The normalized spacial score (nSPS) is 11.9. The predicted octanol–water partition coefficient (Wildman–Crippen LogP) is 2.71. The summed E-state index contributed by atoms with van der Waals surface area (Å²) in [5.74, 6) is 0. The van der Waals surface area contributed by atoms with Crippen LogP contribution in [0.4, 0.5) is 9.05 Å². The van der Waals surface area contributed by atoms with Gasteiger partial charge in [0.1, 0.15) is 0 Å². The first-order valence-corrected chi connectivity index (χ1v) is 4.50. The molecule has 7 heteroatoms. The lowest BCUT2D eigenvalue weighted by atomic mass is 10.4. The Hall–Kier alpha value is -0.0300. The maximum atomic E-state index is 11.2. The average molecular weight is 190 g/mol. The van der Waals surface area contributed by atoms with Crippen LogP contribution < -0.4 is 0 Å². The van der Waals surface area contributed by atoms with Crippen LogP contribution in [0.5, 0.6) is 0 Å². The van der Waals surface area contributed by atoms with E-state index in [-0.39, 0.29) is 6.61 Å². The Morgan fingerprint density at radius 1 is 1.36 bits per heavy atom. The van der Waals surface area contributed by atoms with Crippen molar-refractivity contribution >= 4 is 7.82 Å². The van der Waals surface area contributed by atoms with E-state index in [1.807, 2.05) is 6.92 Å². The smallest absolute Gasteiger partial charge is 0.283 e. The van der Waals surface area contributed by atoms with Gasteiger partial charge in [-0.1, -0.05) is 22.8 Å². The van der Waals surface area contributed by atoms with Gasteiger partial charge in [0.15, 0.2) is 0 Å². The van der Waals surface area contributed by atoms with Crippen LogP contribution in [0.2, 0.25) is 0 Å². The molecule has 4 nitrogen and oxygen atoms in total. The molecule has 0 aromatic heterocycles. The van der Waals surface area contributed by atoms with E-state index in [0.29, 0.717) is 6.42 Å². The summed E-state index contributed by atoms with van der Waals surface area (Å²) in [6.45, 7) is 1.77. The molecule has 0 saturated carbocycles. The Morgan fingerprint density at radius 3 is 2.27 bits per heavy atom. The molecule has 0 aliphatic heterocycles. The minimum Gasteiger partial charge on any atom is -0.283 e. The Balaban J connectivity index is 3.61. The van der Waals surface area contributed by atoms with Crippen LogP contribution in [-0.2, 0) is 18.5 Å². The highest BCUT2D eigenvalue weighted by Crippen LogP contribution is 2.50. The lowest BCUT2D eigenvalue weighted by Crippen LogP contribution is -1.93. The predicted molar refractivity (Wildman–Crippen MR) is 32.9 cm³/mol. The van der Waals surface area contributed by atoms with Gasteiger partial charge in [-0.15, -0.1) is 0 Å². The van der Waals surface area contributed by atoms with Crippen molar-refractivity contribution in [3.05, 3.63) is 0 Å². The Kier molecular flexibility index (Phi) is 5.58. The molecule has 0 bridgehead atoms. The van der Waals surface area contributed by atoms with Gasteiger partial charge in [0, 0.05) is 0 Å². The van der Waals surface area contributed by atoms with Gasteiger partial charge in [-0.05, 0) is 15.5 Å². The van der Waals surface area contributed by atoms with Gasteiger partial charge in [0.2, 0.25) is 0 Å². The zero-order valence-electron chi connectivity index (χ0n) is 5.96. The van der Waals surface area contributed by atoms with Crippen LogP contribution >= 0.6 is 7.82 Å². The second kappa shape index (κ2) is 5.60. The van der Waals surface area contributed by atoms with Gasteiger partial charge < -0.3 is 0 Å². The van der Waals surface area contributed by atoms with Crippen LogP contribution in [0.1, 0.15) is 19.8 Å². The number of hydrogen-bond donors (Lipinski definition) is 0. The molecule has 0 aliphatic carbocycles.